The molecule has 3 aliphatic rings. The number of allylic oxidation sites excluding steroid dienone is 3. The number of fused-ring (bicyclic) bond motifs is 5. The summed E-state index contributed by atoms with van der Waals surface area (Å²) in [5.74, 6) is -0.916. The number of amides is 2. The fraction of sp³-hybridized carbons (Fsp3) is 0.250. The quantitative estimate of drug-likeness (QED) is 0.338. The first-order valence-electron chi connectivity index (χ1n) is 12.4. The van der Waals surface area contributed by atoms with Crippen molar-refractivity contribution in [3.63, 3.8) is 0 Å². The molecule has 3 nitrogen and oxygen atoms in total. The molecule has 3 aromatic rings. The maximum Gasteiger partial charge on any atom is 0.238 e. The van der Waals surface area contributed by atoms with Crippen LogP contribution in [-0.2, 0) is 9.59 Å². The fourth-order valence-electron chi connectivity index (χ4n) is 6.16. The van der Waals surface area contributed by atoms with Gasteiger partial charge in [0.15, 0.2) is 0 Å². The first-order chi connectivity index (χ1) is 16.8. The molecule has 174 valence electrons. The van der Waals surface area contributed by atoms with Gasteiger partial charge in [-0.15, -0.1) is 0 Å². The SMILES string of the molecule is Cc1ccc(C(=C2[C@H]3C=C[C@H]2[C@@H]2C(=O)N(c4ccc(C)c(C)c4)C(=O)[C@H]23)c2ccc(C)cc2)cc1. The van der Waals surface area contributed by atoms with Crippen molar-refractivity contribution in [3.05, 3.63) is 118 Å². The van der Waals surface area contributed by atoms with Gasteiger partial charge in [0.1, 0.15) is 0 Å². The Morgan fingerprint density at radius 3 is 1.57 bits per heavy atom. The topological polar surface area (TPSA) is 37.4 Å². The van der Waals surface area contributed by atoms with Crippen molar-refractivity contribution in [2.45, 2.75) is 27.7 Å². The highest BCUT2D eigenvalue weighted by atomic mass is 16.2. The summed E-state index contributed by atoms with van der Waals surface area (Å²) in [7, 11) is 0. The zero-order valence-corrected chi connectivity index (χ0v) is 20.6. The molecule has 1 saturated carbocycles. The normalized spacial score (nSPS) is 24.5. The van der Waals surface area contributed by atoms with Gasteiger partial charge in [-0.2, -0.15) is 0 Å². The van der Waals surface area contributed by atoms with E-state index in [0.717, 1.165) is 27.8 Å². The maximum absolute atomic E-state index is 13.8. The number of aryl methyl sites for hydroxylation is 4. The smallest absolute Gasteiger partial charge is 0.238 e. The second-order valence-electron chi connectivity index (χ2n) is 10.3. The van der Waals surface area contributed by atoms with E-state index < -0.39 is 0 Å². The molecule has 0 aromatic heterocycles. The third-order valence-electron chi connectivity index (χ3n) is 8.13. The van der Waals surface area contributed by atoms with E-state index in [1.807, 2.05) is 32.0 Å². The van der Waals surface area contributed by atoms with Crippen molar-refractivity contribution in [2.75, 3.05) is 4.90 Å². The van der Waals surface area contributed by atoms with Crippen LogP contribution in [0, 0.1) is 51.4 Å². The van der Waals surface area contributed by atoms with Crippen LogP contribution in [0.25, 0.3) is 5.57 Å². The number of carbonyl (C=O) groups is 2. The van der Waals surface area contributed by atoms with Crippen LogP contribution in [-0.4, -0.2) is 11.8 Å². The maximum atomic E-state index is 13.8. The Hall–Kier alpha value is -3.72. The minimum atomic E-state index is -0.333. The van der Waals surface area contributed by atoms with Crippen LogP contribution in [0.3, 0.4) is 0 Å². The van der Waals surface area contributed by atoms with Gasteiger partial charge in [0.2, 0.25) is 11.8 Å². The molecule has 2 fully saturated rings. The van der Waals surface area contributed by atoms with Crippen LogP contribution in [0.2, 0.25) is 0 Å². The molecule has 0 N–H and O–H groups in total. The van der Waals surface area contributed by atoms with Gasteiger partial charge in [-0.3, -0.25) is 9.59 Å². The summed E-state index contributed by atoms with van der Waals surface area (Å²) in [5, 5.41) is 0. The molecule has 2 bridgehead atoms. The van der Waals surface area contributed by atoms with Crippen LogP contribution >= 0.6 is 0 Å². The van der Waals surface area contributed by atoms with Gasteiger partial charge in [0.05, 0.1) is 17.5 Å². The lowest BCUT2D eigenvalue weighted by Gasteiger charge is -2.22. The number of hydrogen-bond donors (Lipinski definition) is 0. The Morgan fingerprint density at radius 1 is 0.629 bits per heavy atom. The Balaban J connectivity index is 1.48. The molecule has 3 heteroatoms. The molecule has 1 heterocycles. The van der Waals surface area contributed by atoms with Gasteiger partial charge in [0.25, 0.3) is 0 Å². The fourth-order valence-corrected chi connectivity index (χ4v) is 6.16. The summed E-state index contributed by atoms with van der Waals surface area (Å²) in [6.07, 6.45) is 4.33. The van der Waals surface area contributed by atoms with Crippen molar-refractivity contribution >= 4 is 23.1 Å². The number of imide groups is 1. The van der Waals surface area contributed by atoms with Crippen molar-refractivity contribution in [1.29, 1.82) is 0 Å². The zero-order chi connectivity index (χ0) is 24.4. The molecule has 2 aliphatic carbocycles. The minimum absolute atomic E-state index is 0.0596. The molecular weight excluding hydrogens is 430 g/mol. The van der Waals surface area contributed by atoms with Crippen LogP contribution in [0.1, 0.15) is 33.4 Å². The first kappa shape index (κ1) is 21.8. The summed E-state index contributed by atoms with van der Waals surface area (Å²) in [6.45, 7) is 8.24. The Labute approximate surface area is 206 Å². The van der Waals surface area contributed by atoms with Crippen LogP contribution < -0.4 is 4.90 Å². The second-order valence-corrected chi connectivity index (χ2v) is 10.3. The van der Waals surface area contributed by atoms with Crippen LogP contribution in [0.15, 0.2) is 84.5 Å². The molecule has 0 spiro atoms. The van der Waals surface area contributed by atoms with Gasteiger partial charge in [-0.25, -0.2) is 4.90 Å². The molecule has 1 saturated heterocycles. The predicted octanol–water partition coefficient (Wildman–Crippen LogP) is 6.34. The van der Waals surface area contributed by atoms with Crippen molar-refractivity contribution in [3.8, 4) is 0 Å². The lowest BCUT2D eigenvalue weighted by molar-refractivity contribution is -0.122. The average molecular weight is 460 g/mol. The standard InChI is InChI=1S/C32H29NO2/c1-18-5-10-22(11-6-18)27(23-12-7-19(2)8-13-23)28-25-15-16-26(28)30-29(25)31(34)33(32(30)35)24-14-9-20(3)21(4)17-24/h5-17,25-26,29-30H,1-4H3/t25-,26-,29+,30+/m1/s1. The Bertz CT molecular complexity index is 1340. The number of carbonyl (C=O) groups excluding carboxylic acids is 2. The van der Waals surface area contributed by atoms with Gasteiger partial charge in [0, 0.05) is 11.8 Å². The van der Waals surface area contributed by atoms with Crippen LogP contribution in [0.4, 0.5) is 5.69 Å². The van der Waals surface area contributed by atoms with Crippen LogP contribution in [0.5, 0.6) is 0 Å². The van der Waals surface area contributed by atoms with E-state index in [1.54, 1.807) is 0 Å². The Morgan fingerprint density at radius 2 is 1.11 bits per heavy atom. The number of hydrogen-bond acceptors (Lipinski definition) is 2. The van der Waals surface area contributed by atoms with Crippen molar-refractivity contribution < 1.29 is 9.59 Å². The molecule has 1 aliphatic heterocycles. The van der Waals surface area contributed by atoms with Gasteiger partial charge >= 0.3 is 0 Å². The van der Waals surface area contributed by atoms with Gasteiger partial charge < -0.3 is 0 Å². The van der Waals surface area contributed by atoms with E-state index in [4.69, 9.17) is 0 Å². The highest BCUT2D eigenvalue weighted by molar-refractivity contribution is 6.23. The highest BCUT2D eigenvalue weighted by Crippen LogP contribution is 2.58. The highest BCUT2D eigenvalue weighted by Gasteiger charge is 2.62. The van der Waals surface area contributed by atoms with Crippen molar-refractivity contribution in [2.24, 2.45) is 23.7 Å². The minimum Gasteiger partial charge on any atom is -0.274 e. The zero-order valence-electron chi connectivity index (χ0n) is 20.6. The molecule has 3 aromatic carbocycles. The summed E-state index contributed by atoms with van der Waals surface area (Å²) >= 11 is 0. The van der Waals surface area contributed by atoms with E-state index in [9.17, 15) is 9.59 Å². The van der Waals surface area contributed by atoms with E-state index in [0.29, 0.717) is 5.69 Å². The molecule has 0 radical (unpaired) electrons. The lowest BCUT2D eigenvalue weighted by atomic mass is 9.85. The summed E-state index contributed by atoms with van der Waals surface area (Å²) in [5.41, 5.74) is 10.0. The number of rotatable bonds is 3. The molecular formula is C32H29NO2. The molecule has 4 atom stereocenters. The number of anilines is 1. The van der Waals surface area contributed by atoms with E-state index in [-0.39, 0.29) is 35.5 Å². The Kier molecular flexibility index (Phi) is 4.93. The number of nitrogens with zero attached hydrogens (tertiary/aromatic N) is 1. The molecule has 35 heavy (non-hydrogen) atoms. The first-order valence-corrected chi connectivity index (χ1v) is 12.4. The van der Waals surface area contributed by atoms with Gasteiger partial charge in [-0.1, -0.05) is 77.9 Å². The lowest BCUT2D eigenvalue weighted by Crippen LogP contribution is -2.33. The van der Waals surface area contributed by atoms with Crippen molar-refractivity contribution in [1.82, 2.24) is 0 Å². The third-order valence-corrected chi connectivity index (χ3v) is 8.13. The van der Waals surface area contributed by atoms with E-state index in [2.05, 4.69) is 74.5 Å². The molecule has 2 amide bonds. The summed E-state index contributed by atoms with van der Waals surface area (Å²) in [4.78, 5) is 29.0. The number of benzene rings is 3. The summed E-state index contributed by atoms with van der Waals surface area (Å²) < 4.78 is 0. The van der Waals surface area contributed by atoms with E-state index >= 15 is 0 Å². The monoisotopic (exact) mass is 459 g/mol. The average Bonchev–Trinajstić information content (AvgIpc) is 3.48. The van der Waals surface area contributed by atoms with E-state index in [1.165, 1.54) is 21.6 Å². The second kappa shape index (κ2) is 7.91. The van der Waals surface area contributed by atoms with Gasteiger partial charge in [-0.05, 0) is 73.2 Å². The molecule has 0 unspecified atom stereocenters. The molecule has 6 rings (SSSR count). The largest absolute Gasteiger partial charge is 0.274 e. The summed E-state index contributed by atoms with van der Waals surface area (Å²) in [6, 6.07) is 23.0. The third kappa shape index (κ3) is 3.25. The predicted molar refractivity (Wildman–Crippen MR) is 140 cm³/mol.